The standard InChI is InChI=1S/C25H35ClN2O/c1-29-21-12-13-25-23(17-21)22(24(26)18-27-25)11-6-10-20-9-4-5-15-28(20)16-14-19-7-2-3-8-19/h12-13,17-20H,2-11,14-16H2,1H3. The van der Waals surface area contributed by atoms with Gasteiger partial charge in [-0.05, 0) is 81.3 Å². The van der Waals surface area contributed by atoms with Crippen LogP contribution in [-0.2, 0) is 6.42 Å². The maximum absolute atomic E-state index is 6.56. The van der Waals surface area contributed by atoms with E-state index in [-0.39, 0.29) is 0 Å². The van der Waals surface area contributed by atoms with Crippen molar-refractivity contribution in [1.82, 2.24) is 9.88 Å². The summed E-state index contributed by atoms with van der Waals surface area (Å²) in [6.45, 7) is 2.61. The number of halogens is 1. The molecule has 158 valence electrons. The summed E-state index contributed by atoms with van der Waals surface area (Å²) in [4.78, 5) is 7.30. The molecule has 0 amide bonds. The number of aryl methyl sites for hydroxylation is 1. The summed E-state index contributed by atoms with van der Waals surface area (Å²) in [5.74, 6) is 1.86. The fraction of sp³-hybridized carbons (Fsp3) is 0.640. The Hall–Kier alpha value is -1.32. The Bertz CT molecular complexity index is 803. The maximum atomic E-state index is 6.56. The molecule has 1 aromatic carbocycles. The first-order valence-corrected chi connectivity index (χ1v) is 12.0. The summed E-state index contributed by atoms with van der Waals surface area (Å²) in [5.41, 5.74) is 2.23. The quantitative estimate of drug-likeness (QED) is 0.483. The number of pyridine rings is 1. The molecule has 1 aliphatic heterocycles. The number of fused-ring (bicyclic) bond motifs is 1. The summed E-state index contributed by atoms with van der Waals surface area (Å²) in [6, 6.07) is 6.83. The zero-order valence-corrected chi connectivity index (χ0v) is 18.6. The SMILES string of the molecule is COc1ccc2ncc(Cl)c(CCCC3CCCCN3CCC3CCCC3)c2c1. The Balaban J connectivity index is 1.37. The third-order valence-electron chi connectivity index (χ3n) is 7.15. The van der Waals surface area contributed by atoms with Gasteiger partial charge >= 0.3 is 0 Å². The number of benzene rings is 1. The molecular formula is C25H35ClN2O. The smallest absolute Gasteiger partial charge is 0.119 e. The van der Waals surface area contributed by atoms with E-state index in [2.05, 4.69) is 16.0 Å². The van der Waals surface area contributed by atoms with Crippen molar-refractivity contribution in [2.45, 2.75) is 76.7 Å². The molecule has 1 saturated heterocycles. The van der Waals surface area contributed by atoms with Crippen LogP contribution in [0, 0.1) is 5.92 Å². The molecule has 2 aromatic rings. The van der Waals surface area contributed by atoms with E-state index in [0.29, 0.717) is 0 Å². The first-order valence-electron chi connectivity index (χ1n) is 11.6. The Morgan fingerprint density at radius 1 is 1.10 bits per heavy atom. The van der Waals surface area contributed by atoms with Crippen molar-refractivity contribution in [2.75, 3.05) is 20.2 Å². The molecule has 1 atom stereocenters. The van der Waals surface area contributed by atoms with Crippen molar-refractivity contribution in [3.05, 3.63) is 35.0 Å². The molecule has 2 heterocycles. The van der Waals surface area contributed by atoms with Crippen LogP contribution in [0.3, 0.4) is 0 Å². The number of ether oxygens (including phenoxy) is 1. The Morgan fingerprint density at radius 3 is 2.76 bits per heavy atom. The minimum Gasteiger partial charge on any atom is -0.497 e. The van der Waals surface area contributed by atoms with Crippen LogP contribution < -0.4 is 4.74 Å². The largest absolute Gasteiger partial charge is 0.497 e. The Labute approximate surface area is 180 Å². The highest BCUT2D eigenvalue weighted by Gasteiger charge is 2.24. The highest BCUT2D eigenvalue weighted by atomic mass is 35.5. The third-order valence-corrected chi connectivity index (χ3v) is 7.47. The molecule has 1 aliphatic carbocycles. The van der Waals surface area contributed by atoms with Crippen molar-refractivity contribution in [1.29, 1.82) is 0 Å². The zero-order chi connectivity index (χ0) is 20.1. The first kappa shape index (κ1) is 20.9. The lowest BCUT2D eigenvalue weighted by Gasteiger charge is -2.36. The Kier molecular flexibility index (Phi) is 7.31. The molecule has 2 aliphatic rings. The van der Waals surface area contributed by atoms with E-state index in [1.807, 2.05) is 12.1 Å². The van der Waals surface area contributed by atoms with E-state index >= 15 is 0 Å². The monoisotopic (exact) mass is 414 g/mol. The molecule has 0 spiro atoms. The summed E-state index contributed by atoms with van der Waals surface area (Å²) < 4.78 is 5.42. The van der Waals surface area contributed by atoms with Crippen LogP contribution in [0.1, 0.15) is 69.8 Å². The van der Waals surface area contributed by atoms with Gasteiger partial charge in [0, 0.05) is 17.6 Å². The van der Waals surface area contributed by atoms with Crippen LogP contribution in [0.2, 0.25) is 5.02 Å². The molecule has 4 heteroatoms. The van der Waals surface area contributed by atoms with Crippen LogP contribution in [0.15, 0.2) is 24.4 Å². The second-order valence-corrected chi connectivity index (χ2v) is 9.39. The van der Waals surface area contributed by atoms with Crippen LogP contribution >= 0.6 is 11.6 Å². The summed E-state index contributed by atoms with van der Waals surface area (Å²) in [5, 5.41) is 1.92. The van der Waals surface area contributed by atoms with Crippen molar-refractivity contribution in [3.63, 3.8) is 0 Å². The predicted octanol–water partition coefficient (Wildman–Crippen LogP) is 6.65. The summed E-state index contributed by atoms with van der Waals surface area (Å²) in [7, 11) is 1.71. The molecule has 4 rings (SSSR count). The molecule has 29 heavy (non-hydrogen) atoms. The van der Waals surface area contributed by atoms with Crippen molar-refractivity contribution in [3.8, 4) is 5.75 Å². The first-order chi connectivity index (χ1) is 14.2. The molecule has 1 saturated carbocycles. The molecule has 3 nitrogen and oxygen atoms in total. The number of likely N-dealkylation sites (tertiary alicyclic amines) is 1. The zero-order valence-electron chi connectivity index (χ0n) is 17.8. The maximum Gasteiger partial charge on any atom is 0.119 e. The number of piperidine rings is 1. The van der Waals surface area contributed by atoms with Crippen LogP contribution in [0.4, 0.5) is 0 Å². The number of methoxy groups -OCH3 is 1. The second-order valence-electron chi connectivity index (χ2n) is 8.98. The van der Waals surface area contributed by atoms with E-state index in [4.69, 9.17) is 16.3 Å². The van der Waals surface area contributed by atoms with Gasteiger partial charge in [0.2, 0.25) is 0 Å². The fourth-order valence-electron chi connectivity index (χ4n) is 5.43. The predicted molar refractivity (Wildman–Crippen MR) is 122 cm³/mol. The van der Waals surface area contributed by atoms with E-state index in [1.54, 1.807) is 13.3 Å². The lowest BCUT2D eigenvalue weighted by atomic mass is 9.94. The average molecular weight is 415 g/mol. The van der Waals surface area contributed by atoms with E-state index in [0.717, 1.165) is 40.1 Å². The highest BCUT2D eigenvalue weighted by molar-refractivity contribution is 6.32. The van der Waals surface area contributed by atoms with Gasteiger partial charge in [-0.15, -0.1) is 0 Å². The molecule has 1 unspecified atom stereocenters. The van der Waals surface area contributed by atoms with Gasteiger partial charge in [0.15, 0.2) is 0 Å². The minimum absolute atomic E-state index is 0.756. The number of nitrogens with zero attached hydrogens (tertiary/aromatic N) is 2. The molecule has 0 N–H and O–H groups in total. The van der Waals surface area contributed by atoms with Gasteiger partial charge in [-0.2, -0.15) is 0 Å². The van der Waals surface area contributed by atoms with E-state index in [1.165, 1.54) is 82.9 Å². The van der Waals surface area contributed by atoms with Gasteiger partial charge in [0.05, 0.1) is 17.6 Å². The van der Waals surface area contributed by atoms with Crippen molar-refractivity contribution < 1.29 is 4.74 Å². The highest BCUT2D eigenvalue weighted by Crippen LogP contribution is 2.31. The summed E-state index contributed by atoms with van der Waals surface area (Å²) >= 11 is 6.56. The molecule has 0 bridgehead atoms. The van der Waals surface area contributed by atoms with Gasteiger partial charge < -0.3 is 9.64 Å². The number of aromatic nitrogens is 1. The third kappa shape index (κ3) is 5.24. The number of rotatable bonds is 8. The van der Waals surface area contributed by atoms with Gasteiger partial charge in [0.25, 0.3) is 0 Å². The van der Waals surface area contributed by atoms with Crippen LogP contribution in [0.5, 0.6) is 5.75 Å². The lowest BCUT2D eigenvalue weighted by molar-refractivity contribution is 0.130. The number of hydrogen-bond acceptors (Lipinski definition) is 3. The van der Waals surface area contributed by atoms with E-state index in [9.17, 15) is 0 Å². The van der Waals surface area contributed by atoms with Gasteiger partial charge in [-0.25, -0.2) is 0 Å². The van der Waals surface area contributed by atoms with E-state index < -0.39 is 0 Å². The minimum atomic E-state index is 0.756. The molecular weight excluding hydrogens is 380 g/mol. The molecule has 1 aromatic heterocycles. The van der Waals surface area contributed by atoms with Crippen molar-refractivity contribution in [2.24, 2.45) is 5.92 Å². The van der Waals surface area contributed by atoms with Gasteiger partial charge in [0.1, 0.15) is 5.75 Å². The Morgan fingerprint density at radius 2 is 1.93 bits per heavy atom. The number of hydrogen-bond donors (Lipinski definition) is 0. The van der Waals surface area contributed by atoms with Gasteiger partial charge in [-0.3, -0.25) is 4.98 Å². The van der Waals surface area contributed by atoms with Crippen molar-refractivity contribution >= 4 is 22.5 Å². The molecule has 2 fully saturated rings. The molecule has 0 radical (unpaired) electrons. The van der Waals surface area contributed by atoms with Crippen LogP contribution in [-0.4, -0.2) is 36.1 Å². The normalized spacial score (nSPS) is 21.1. The lowest BCUT2D eigenvalue weighted by Crippen LogP contribution is -2.40. The summed E-state index contributed by atoms with van der Waals surface area (Å²) in [6.07, 6.45) is 16.7. The van der Waals surface area contributed by atoms with Crippen LogP contribution in [0.25, 0.3) is 10.9 Å². The topological polar surface area (TPSA) is 25.4 Å². The van der Waals surface area contributed by atoms with Gasteiger partial charge in [-0.1, -0.05) is 43.7 Å². The second kappa shape index (κ2) is 10.1. The fourth-order valence-corrected chi connectivity index (χ4v) is 5.67. The average Bonchev–Trinajstić information content (AvgIpc) is 3.28.